The summed E-state index contributed by atoms with van der Waals surface area (Å²) in [5.74, 6) is -0.253. The maximum atomic E-state index is 12.7. The minimum Gasteiger partial charge on any atom is -0.444 e. The summed E-state index contributed by atoms with van der Waals surface area (Å²) < 4.78 is 5.29. The summed E-state index contributed by atoms with van der Waals surface area (Å²) in [6.07, 6.45) is 4.15. The van der Waals surface area contributed by atoms with E-state index in [2.05, 4.69) is 16.0 Å². The van der Waals surface area contributed by atoms with Crippen molar-refractivity contribution in [2.75, 3.05) is 19.6 Å². The minimum atomic E-state index is -0.621. The number of hydrogen-bond acceptors (Lipinski definition) is 6. The van der Waals surface area contributed by atoms with Crippen LogP contribution in [0.3, 0.4) is 0 Å². The van der Waals surface area contributed by atoms with Gasteiger partial charge in [-0.2, -0.15) is 0 Å². The SMILES string of the molecule is CC(C)(C)OC(=O)NCc1cc(CNC(=O)CCCCN)ccc1C(=O)NCCCCCN. The molecule has 0 unspecified atom stereocenters. The number of alkyl carbamates (subject to hydrolysis) is 1. The second-order valence-electron chi connectivity index (χ2n) is 8.97. The molecule has 9 nitrogen and oxygen atoms in total. The summed E-state index contributed by atoms with van der Waals surface area (Å²) in [7, 11) is 0. The zero-order valence-electron chi connectivity index (χ0n) is 20.3. The first-order chi connectivity index (χ1) is 15.7. The van der Waals surface area contributed by atoms with Crippen LogP contribution in [0.1, 0.15) is 80.8 Å². The Labute approximate surface area is 197 Å². The highest BCUT2D eigenvalue weighted by molar-refractivity contribution is 5.95. The third-order valence-corrected chi connectivity index (χ3v) is 4.75. The molecule has 0 radical (unpaired) electrons. The van der Waals surface area contributed by atoms with E-state index in [0.29, 0.717) is 43.7 Å². The molecule has 0 aromatic heterocycles. The van der Waals surface area contributed by atoms with Crippen molar-refractivity contribution in [1.29, 1.82) is 0 Å². The van der Waals surface area contributed by atoms with E-state index in [1.54, 1.807) is 32.9 Å². The minimum absolute atomic E-state index is 0.0452. The molecule has 0 aliphatic rings. The van der Waals surface area contributed by atoms with Gasteiger partial charge in [-0.3, -0.25) is 9.59 Å². The molecule has 0 saturated heterocycles. The normalized spacial score (nSPS) is 11.1. The Morgan fingerprint density at radius 2 is 1.58 bits per heavy atom. The van der Waals surface area contributed by atoms with Crippen molar-refractivity contribution in [2.45, 2.75) is 78.0 Å². The summed E-state index contributed by atoms with van der Waals surface area (Å²) in [6.45, 7) is 7.58. The van der Waals surface area contributed by atoms with Crippen LogP contribution in [0.4, 0.5) is 4.79 Å². The van der Waals surface area contributed by atoms with Crippen LogP contribution in [-0.2, 0) is 22.6 Å². The van der Waals surface area contributed by atoms with Gasteiger partial charge in [0.15, 0.2) is 0 Å². The standard InChI is InChI=1S/C24H41N5O4/c1-24(2,3)33-23(32)29-17-19-15-18(16-28-21(30)9-5-7-13-26)10-11-20(19)22(31)27-14-8-4-6-12-25/h10-11,15H,4-9,12-14,16-17,25-26H2,1-3H3,(H,27,31)(H,28,30)(H,29,32). The van der Waals surface area contributed by atoms with Crippen LogP contribution >= 0.6 is 0 Å². The topological polar surface area (TPSA) is 149 Å². The van der Waals surface area contributed by atoms with Crippen LogP contribution in [0.15, 0.2) is 18.2 Å². The number of carbonyl (C=O) groups excluding carboxylic acids is 3. The molecule has 1 aromatic carbocycles. The summed E-state index contributed by atoms with van der Waals surface area (Å²) in [4.78, 5) is 36.8. The Balaban J connectivity index is 2.83. The van der Waals surface area contributed by atoms with E-state index in [4.69, 9.17) is 16.2 Å². The molecule has 0 aliphatic heterocycles. The van der Waals surface area contributed by atoms with Gasteiger partial charge in [-0.05, 0) is 76.7 Å². The molecular weight excluding hydrogens is 422 g/mol. The third-order valence-electron chi connectivity index (χ3n) is 4.75. The predicted octanol–water partition coefficient (Wildman–Crippen LogP) is 2.32. The smallest absolute Gasteiger partial charge is 0.407 e. The second kappa shape index (κ2) is 15.2. The van der Waals surface area contributed by atoms with Gasteiger partial charge >= 0.3 is 6.09 Å². The lowest BCUT2D eigenvalue weighted by molar-refractivity contribution is -0.121. The number of unbranched alkanes of at least 4 members (excludes halogenated alkanes) is 3. The maximum Gasteiger partial charge on any atom is 0.407 e. The van der Waals surface area contributed by atoms with E-state index in [9.17, 15) is 14.4 Å². The van der Waals surface area contributed by atoms with Gasteiger partial charge in [-0.15, -0.1) is 0 Å². The first-order valence-electron chi connectivity index (χ1n) is 11.7. The molecule has 1 aromatic rings. The number of carbonyl (C=O) groups is 3. The van der Waals surface area contributed by atoms with Gasteiger partial charge < -0.3 is 32.2 Å². The summed E-state index contributed by atoms with van der Waals surface area (Å²) in [5, 5.41) is 8.51. The van der Waals surface area contributed by atoms with Crippen molar-refractivity contribution in [1.82, 2.24) is 16.0 Å². The highest BCUT2D eigenvalue weighted by Crippen LogP contribution is 2.14. The molecule has 33 heavy (non-hydrogen) atoms. The largest absolute Gasteiger partial charge is 0.444 e. The fraction of sp³-hybridized carbons (Fsp3) is 0.625. The molecule has 3 amide bonds. The lowest BCUT2D eigenvalue weighted by Crippen LogP contribution is -2.33. The molecule has 0 heterocycles. The molecule has 0 atom stereocenters. The highest BCUT2D eigenvalue weighted by Gasteiger charge is 2.18. The van der Waals surface area contributed by atoms with Crippen molar-refractivity contribution in [3.63, 3.8) is 0 Å². The van der Waals surface area contributed by atoms with Crippen molar-refractivity contribution < 1.29 is 19.1 Å². The quantitative estimate of drug-likeness (QED) is 0.267. The zero-order chi connectivity index (χ0) is 24.7. The van der Waals surface area contributed by atoms with Gasteiger partial charge in [0.1, 0.15) is 5.60 Å². The van der Waals surface area contributed by atoms with Gasteiger partial charge in [0, 0.05) is 31.6 Å². The van der Waals surface area contributed by atoms with Crippen LogP contribution in [0.5, 0.6) is 0 Å². The lowest BCUT2D eigenvalue weighted by atomic mass is 10.0. The fourth-order valence-electron chi connectivity index (χ4n) is 3.07. The first kappa shape index (κ1) is 28.4. The average molecular weight is 464 g/mol. The van der Waals surface area contributed by atoms with Gasteiger partial charge in [-0.25, -0.2) is 4.79 Å². The highest BCUT2D eigenvalue weighted by atomic mass is 16.6. The van der Waals surface area contributed by atoms with Crippen molar-refractivity contribution in [3.8, 4) is 0 Å². The maximum absolute atomic E-state index is 12.7. The van der Waals surface area contributed by atoms with E-state index < -0.39 is 11.7 Å². The number of amides is 3. The number of nitrogens with two attached hydrogens (primary N) is 2. The molecule has 0 spiro atoms. The molecule has 9 heteroatoms. The van der Waals surface area contributed by atoms with E-state index in [1.165, 1.54) is 0 Å². The molecule has 0 aliphatic carbocycles. The fourth-order valence-corrected chi connectivity index (χ4v) is 3.07. The summed E-state index contributed by atoms with van der Waals surface area (Å²) in [6, 6.07) is 5.35. The summed E-state index contributed by atoms with van der Waals surface area (Å²) in [5.41, 5.74) is 12.3. The average Bonchev–Trinajstić information content (AvgIpc) is 2.75. The van der Waals surface area contributed by atoms with Crippen molar-refractivity contribution in [2.24, 2.45) is 11.5 Å². The lowest BCUT2D eigenvalue weighted by Gasteiger charge is -2.20. The van der Waals surface area contributed by atoms with E-state index in [0.717, 1.165) is 37.7 Å². The van der Waals surface area contributed by atoms with Crippen LogP contribution in [0, 0.1) is 0 Å². The molecule has 7 N–H and O–H groups in total. The monoisotopic (exact) mass is 463 g/mol. The van der Waals surface area contributed by atoms with Gasteiger partial charge in [-0.1, -0.05) is 18.6 Å². The molecule has 0 saturated carbocycles. The van der Waals surface area contributed by atoms with Gasteiger partial charge in [0.2, 0.25) is 5.91 Å². The van der Waals surface area contributed by atoms with Crippen molar-refractivity contribution in [3.05, 3.63) is 34.9 Å². The molecule has 0 fully saturated rings. The van der Waals surface area contributed by atoms with Crippen LogP contribution < -0.4 is 27.4 Å². The molecular formula is C24H41N5O4. The van der Waals surface area contributed by atoms with Gasteiger partial charge in [0.05, 0.1) is 0 Å². The Morgan fingerprint density at radius 1 is 0.879 bits per heavy atom. The number of benzene rings is 1. The van der Waals surface area contributed by atoms with Crippen molar-refractivity contribution >= 4 is 17.9 Å². The number of nitrogens with one attached hydrogen (secondary N) is 3. The molecule has 0 bridgehead atoms. The van der Waals surface area contributed by atoms with E-state index in [-0.39, 0.29) is 18.4 Å². The number of ether oxygens (including phenoxy) is 1. The summed E-state index contributed by atoms with van der Waals surface area (Å²) >= 11 is 0. The first-order valence-corrected chi connectivity index (χ1v) is 11.7. The van der Waals surface area contributed by atoms with Crippen LogP contribution in [0.25, 0.3) is 0 Å². The predicted molar refractivity (Wildman–Crippen MR) is 130 cm³/mol. The van der Waals surface area contributed by atoms with E-state index in [1.807, 2.05) is 6.07 Å². The van der Waals surface area contributed by atoms with E-state index >= 15 is 0 Å². The third kappa shape index (κ3) is 12.8. The Morgan fingerprint density at radius 3 is 2.24 bits per heavy atom. The Hall–Kier alpha value is -2.65. The Kier molecular flexibility index (Phi) is 13.1. The number of rotatable bonds is 14. The molecule has 186 valence electrons. The Bertz CT molecular complexity index is 762. The van der Waals surface area contributed by atoms with Crippen LogP contribution in [-0.4, -0.2) is 43.1 Å². The molecule has 1 rings (SSSR count). The zero-order valence-corrected chi connectivity index (χ0v) is 20.3. The number of hydrogen-bond donors (Lipinski definition) is 5. The van der Waals surface area contributed by atoms with Gasteiger partial charge in [0.25, 0.3) is 5.91 Å². The second-order valence-corrected chi connectivity index (χ2v) is 8.97. The van der Waals surface area contributed by atoms with Crippen LogP contribution in [0.2, 0.25) is 0 Å².